The minimum atomic E-state index is -0.641. The van der Waals surface area contributed by atoms with Gasteiger partial charge in [0.05, 0.1) is 11.1 Å². The van der Waals surface area contributed by atoms with Gasteiger partial charge in [-0.15, -0.1) is 0 Å². The molecular formula is C28H32BrN3O4. The molecule has 2 aromatic carbocycles. The zero-order valence-corrected chi connectivity index (χ0v) is 22.1. The Kier molecular flexibility index (Phi) is 8.56. The molecule has 1 heterocycles. The van der Waals surface area contributed by atoms with Crippen molar-refractivity contribution in [2.45, 2.75) is 70.5 Å². The van der Waals surface area contributed by atoms with E-state index in [0.29, 0.717) is 24.1 Å². The number of carbonyl (C=O) groups excluding carboxylic acids is 4. The summed E-state index contributed by atoms with van der Waals surface area (Å²) >= 11 is 3.47. The molecule has 36 heavy (non-hydrogen) atoms. The molecule has 0 saturated heterocycles. The summed E-state index contributed by atoms with van der Waals surface area (Å²) in [6.07, 6.45) is 5.81. The molecule has 4 amide bonds. The van der Waals surface area contributed by atoms with Crippen molar-refractivity contribution >= 4 is 39.6 Å². The van der Waals surface area contributed by atoms with E-state index in [4.69, 9.17) is 0 Å². The third-order valence-corrected chi connectivity index (χ3v) is 7.50. The second-order valence-electron chi connectivity index (χ2n) is 9.58. The van der Waals surface area contributed by atoms with Crippen LogP contribution in [-0.4, -0.2) is 52.1 Å². The van der Waals surface area contributed by atoms with Crippen LogP contribution >= 0.6 is 15.9 Å². The zero-order chi connectivity index (χ0) is 25.7. The SMILES string of the molecule is C[C@H](C(=O)NC1CCCCC1)N(Cc1cccc(Br)c1)C(=O)CCCN1C(=O)c2ccccc2C1=O. The van der Waals surface area contributed by atoms with E-state index in [2.05, 4.69) is 21.2 Å². The predicted octanol–water partition coefficient (Wildman–Crippen LogP) is 4.69. The Morgan fingerprint density at radius 3 is 2.33 bits per heavy atom. The lowest BCUT2D eigenvalue weighted by Gasteiger charge is -2.31. The number of amides is 4. The molecule has 1 aliphatic carbocycles. The minimum absolute atomic E-state index is 0.127. The van der Waals surface area contributed by atoms with Gasteiger partial charge < -0.3 is 10.2 Å². The van der Waals surface area contributed by atoms with Crippen LogP contribution in [0.3, 0.4) is 0 Å². The number of carbonyl (C=O) groups is 4. The van der Waals surface area contributed by atoms with Gasteiger partial charge in [-0.2, -0.15) is 0 Å². The van der Waals surface area contributed by atoms with Gasteiger partial charge >= 0.3 is 0 Å². The summed E-state index contributed by atoms with van der Waals surface area (Å²) in [4.78, 5) is 54.5. The molecule has 2 aromatic rings. The fraction of sp³-hybridized carbons (Fsp3) is 0.429. The Balaban J connectivity index is 1.41. The predicted molar refractivity (Wildman–Crippen MR) is 140 cm³/mol. The normalized spacial score (nSPS) is 16.6. The van der Waals surface area contributed by atoms with Crippen molar-refractivity contribution in [2.75, 3.05) is 6.54 Å². The van der Waals surface area contributed by atoms with Crippen LogP contribution in [0.25, 0.3) is 0 Å². The fourth-order valence-electron chi connectivity index (χ4n) is 4.96. The minimum Gasteiger partial charge on any atom is -0.352 e. The highest BCUT2D eigenvalue weighted by atomic mass is 79.9. The number of nitrogens with one attached hydrogen (secondary N) is 1. The van der Waals surface area contributed by atoms with E-state index in [1.165, 1.54) is 11.3 Å². The van der Waals surface area contributed by atoms with Gasteiger partial charge in [0.1, 0.15) is 6.04 Å². The summed E-state index contributed by atoms with van der Waals surface area (Å²) in [5.74, 6) is -0.980. The number of hydrogen-bond donors (Lipinski definition) is 1. The van der Waals surface area contributed by atoms with Crippen molar-refractivity contribution in [1.82, 2.24) is 15.1 Å². The van der Waals surface area contributed by atoms with Gasteiger partial charge in [-0.1, -0.05) is 59.5 Å². The molecule has 1 atom stereocenters. The molecule has 1 aliphatic heterocycles. The van der Waals surface area contributed by atoms with Crippen LogP contribution in [0.2, 0.25) is 0 Å². The van der Waals surface area contributed by atoms with Crippen LogP contribution in [0.15, 0.2) is 53.0 Å². The lowest BCUT2D eigenvalue weighted by Crippen LogP contribution is -2.50. The summed E-state index contributed by atoms with van der Waals surface area (Å²) in [5, 5.41) is 3.13. The molecule has 1 N–H and O–H groups in total. The van der Waals surface area contributed by atoms with Gasteiger partial charge in [0.15, 0.2) is 0 Å². The molecule has 0 spiro atoms. The van der Waals surface area contributed by atoms with Gasteiger partial charge in [0, 0.05) is 30.0 Å². The van der Waals surface area contributed by atoms with E-state index < -0.39 is 6.04 Å². The molecule has 190 valence electrons. The summed E-state index contributed by atoms with van der Waals surface area (Å²) < 4.78 is 0.900. The average Bonchev–Trinajstić information content (AvgIpc) is 3.12. The average molecular weight is 554 g/mol. The third kappa shape index (κ3) is 6.03. The van der Waals surface area contributed by atoms with Crippen molar-refractivity contribution < 1.29 is 19.2 Å². The molecule has 1 saturated carbocycles. The number of halogens is 1. The molecule has 0 unspecified atom stereocenters. The van der Waals surface area contributed by atoms with Gasteiger partial charge in [0.25, 0.3) is 11.8 Å². The van der Waals surface area contributed by atoms with Crippen molar-refractivity contribution in [1.29, 1.82) is 0 Å². The number of imide groups is 1. The first-order valence-electron chi connectivity index (χ1n) is 12.6. The molecule has 0 bridgehead atoms. The number of fused-ring (bicyclic) bond motifs is 1. The quantitative estimate of drug-likeness (QED) is 0.456. The monoisotopic (exact) mass is 553 g/mol. The molecule has 7 nitrogen and oxygen atoms in total. The van der Waals surface area contributed by atoms with E-state index in [1.807, 2.05) is 24.3 Å². The Morgan fingerprint density at radius 2 is 1.69 bits per heavy atom. The lowest BCUT2D eigenvalue weighted by molar-refractivity contribution is -0.141. The zero-order valence-electron chi connectivity index (χ0n) is 20.5. The van der Waals surface area contributed by atoms with Gasteiger partial charge in [-0.25, -0.2) is 0 Å². The first kappa shape index (κ1) is 26.1. The Hall–Kier alpha value is -3.00. The molecule has 2 aliphatic rings. The molecule has 4 rings (SSSR count). The third-order valence-electron chi connectivity index (χ3n) is 7.01. The topological polar surface area (TPSA) is 86.8 Å². The summed E-state index contributed by atoms with van der Waals surface area (Å²) in [6.45, 7) is 2.22. The van der Waals surface area contributed by atoms with Crippen molar-refractivity contribution in [3.8, 4) is 0 Å². The van der Waals surface area contributed by atoms with Crippen LogP contribution < -0.4 is 5.32 Å². The van der Waals surface area contributed by atoms with Crippen molar-refractivity contribution in [2.24, 2.45) is 0 Å². The fourth-order valence-corrected chi connectivity index (χ4v) is 5.40. The molecule has 0 aromatic heterocycles. The van der Waals surface area contributed by atoms with Gasteiger partial charge in [-0.3, -0.25) is 24.1 Å². The summed E-state index contributed by atoms with van der Waals surface area (Å²) in [7, 11) is 0. The van der Waals surface area contributed by atoms with E-state index in [-0.39, 0.29) is 42.6 Å². The van der Waals surface area contributed by atoms with Crippen LogP contribution in [-0.2, 0) is 16.1 Å². The number of nitrogens with zero attached hydrogens (tertiary/aromatic N) is 2. The van der Waals surface area contributed by atoms with Crippen molar-refractivity contribution in [3.63, 3.8) is 0 Å². The van der Waals surface area contributed by atoms with E-state index in [1.54, 1.807) is 36.1 Å². The molecule has 1 fully saturated rings. The molecule has 0 radical (unpaired) electrons. The van der Waals surface area contributed by atoms with E-state index >= 15 is 0 Å². The van der Waals surface area contributed by atoms with Crippen LogP contribution in [0.4, 0.5) is 0 Å². The number of hydrogen-bond acceptors (Lipinski definition) is 4. The van der Waals surface area contributed by atoms with Gasteiger partial charge in [-0.05, 0) is 56.0 Å². The maximum Gasteiger partial charge on any atom is 0.261 e. The number of benzene rings is 2. The smallest absolute Gasteiger partial charge is 0.261 e. The van der Waals surface area contributed by atoms with Crippen LogP contribution in [0.5, 0.6) is 0 Å². The van der Waals surface area contributed by atoms with E-state index in [0.717, 1.165) is 35.7 Å². The standard InChI is InChI=1S/C28H32BrN3O4/c1-19(26(34)30-22-11-3-2-4-12-22)32(18-20-9-7-10-21(29)17-20)25(33)15-8-16-31-27(35)23-13-5-6-14-24(23)28(31)36/h5-7,9-10,13-14,17,19,22H,2-4,8,11-12,15-16,18H2,1H3,(H,30,34)/t19-/m1/s1. The van der Waals surface area contributed by atoms with E-state index in [9.17, 15) is 19.2 Å². The Labute approximate surface area is 220 Å². The summed E-state index contributed by atoms with van der Waals surface area (Å²) in [6, 6.07) is 13.9. The molecule has 8 heteroatoms. The van der Waals surface area contributed by atoms with Gasteiger partial charge in [0.2, 0.25) is 11.8 Å². The summed E-state index contributed by atoms with van der Waals surface area (Å²) in [5.41, 5.74) is 1.71. The molecular weight excluding hydrogens is 522 g/mol. The number of rotatable bonds is 9. The van der Waals surface area contributed by atoms with Crippen LogP contribution in [0, 0.1) is 0 Å². The lowest BCUT2D eigenvalue weighted by atomic mass is 9.95. The highest BCUT2D eigenvalue weighted by Gasteiger charge is 2.35. The highest BCUT2D eigenvalue weighted by Crippen LogP contribution is 2.23. The first-order chi connectivity index (χ1) is 17.3. The Bertz CT molecular complexity index is 1110. The second kappa shape index (κ2) is 11.8. The maximum atomic E-state index is 13.4. The largest absolute Gasteiger partial charge is 0.352 e. The first-order valence-corrected chi connectivity index (χ1v) is 13.4. The highest BCUT2D eigenvalue weighted by molar-refractivity contribution is 9.10. The second-order valence-corrected chi connectivity index (χ2v) is 10.5. The van der Waals surface area contributed by atoms with Crippen LogP contribution in [0.1, 0.15) is 78.1 Å². The Morgan fingerprint density at radius 1 is 1.03 bits per heavy atom. The van der Waals surface area contributed by atoms with Crippen molar-refractivity contribution in [3.05, 3.63) is 69.7 Å². The maximum absolute atomic E-state index is 13.4.